The van der Waals surface area contributed by atoms with Gasteiger partial charge in [-0.1, -0.05) is 0 Å². The molecular weight excluding hydrogens is 300 g/mol. The van der Waals surface area contributed by atoms with Gasteiger partial charge in [-0.2, -0.15) is 13.9 Å². The molecule has 1 heterocycles. The van der Waals surface area contributed by atoms with Gasteiger partial charge in [0.25, 0.3) is 5.91 Å². The van der Waals surface area contributed by atoms with Crippen LogP contribution in [-0.4, -0.2) is 33.4 Å². The summed E-state index contributed by atoms with van der Waals surface area (Å²) in [5.74, 6) is -1.74. The van der Waals surface area contributed by atoms with Gasteiger partial charge in [0.05, 0.1) is 0 Å². The summed E-state index contributed by atoms with van der Waals surface area (Å²) in [5.41, 5.74) is 0.407. The van der Waals surface area contributed by atoms with Gasteiger partial charge in [0.2, 0.25) is 0 Å². The second kappa shape index (κ2) is 6.66. The Bertz CT molecular complexity index is 670. The number of anilines is 1. The average Bonchev–Trinajstić information content (AvgIpc) is 2.87. The number of benzene rings is 1. The van der Waals surface area contributed by atoms with Crippen LogP contribution in [0, 0.1) is 0 Å². The normalized spacial score (nSPS) is 10.5. The zero-order valence-corrected chi connectivity index (χ0v) is 11.1. The van der Waals surface area contributed by atoms with E-state index < -0.39 is 25.0 Å². The Morgan fingerprint density at radius 2 is 1.95 bits per heavy atom. The highest BCUT2D eigenvalue weighted by Crippen LogP contribution is 2.18. The van der Waals surface area contributed by atoms with Crippen LogP contribution in [-0.2, 0) is 11.3 Å². The number of nitrogens with zero attached hydrogens (tertiary/aromatic N) is 2. The predicted molar refractivity (Wildman–Crippen MR) is 70.9 cm³/mol. The summed E-state index contributed by atoms with van der Waals surface area (Å²) in [6.45, 7) is -3.37. The van der Waals surface area contributed by atoms with E-state index in [2.05, 4.69) is 15.2 Å². The Balaban J connectivity index is 2.06. The molecule has 0 aliphatic rings. The number of carboxylic acids is 1. The standard InChI is InChI=1S/C13H11F2N3O4/c14-13(15)22-9-3-1-8(2-4-9)17-12(21)10-5-6-16-18(10)7-11(19)20/h1-6,13H,7H2,(H,17,21)(H,19,20). The summed E-state index contributed by atoms with van der Waals surface area (Å²) >= 11 is 0. The maximum absolute atomic E-state index is 12.0. The number of carbonyl (C=O) groups excluding carboxylic acids is 1. The number of rotatable bonds is 6. The zero-order chi connectivity index (χ0) is 16.1. The van der Waals surface area contributed by atoms with Crippen molar-refractivity contribution in [1.82, 2.24) is 9.78 Å². The smallest absolute Gasteiger partial charge is 0.387 e. The number of carboxylic acid groups (broad SMARTS) is 1. The van der Waals surface area contributed by atoms with Crippen molar-refractivity contribution in [3.8, 4) is 5.75 Å². The van der Waals surface area contributed by atoms with Gasteiger partial charge in [-0.3, -0.25) is 9.59 Å². The van der Waals surface area contributed by atoms with Crippen LogP contribution in [0.4, 0.5) is 14.5 Å². The van der Waals surface area contributed by atoms with Crippen molar-refractivity contribution in [3.63, 3.8) is 0 Å². The fraction of sp³-hybridized carbons (Fsp3) is 0.154. The van der Waals surface area contributed by atoms with Crippen LogP contribution in [0.1, 0.15) is 10.5 Å². The number of aromatic nitrogens is 2. The Morgan fingerprint density at radius 1 is 1.27 bits per heavy atom. The zero-order valence-electron chi connectivity index (χ0n) is 11.1. The van der Waals surface area contributed by atoms with Crippen LogP contribution < -0.4 is 10.1 Å². The molecule has 1 amide bonds. The van der Waals surface area contributed by atoms with Crippen molar-refractivity contribution in [2.75, 3.05) is 5.32 Å². The summed E-state index contributed by atoms with van der Waals surface area (Å²) in [5, 5.41) is 15.0. The van der Waals surface area contributed by atoms with Gasteiger partial charge in [0.1, 0.15) is 18.0 Å². The number of hydrogen-bond acceptors (Lipinski definition) is 4. The summed E-state index contributed by atoms with van der Waals surface area (Å²) in [4.78, 5) is 22.7. The summed E-state index contributed by atoms with van der Waals surface area (Å²) in [6.07, 6.45) is 1.30. The molecule has 0 radical (unpaired) electrons. The number of halogens is 2. The van der Waals surface area contributed by atoms with Crippen LogP contribution in [0.3, 0.4) is 0 Å². The van der Waals surface area contributed by atoms with Gasteiger partial charge in [0, 0.05) is 11.9 Å². The number of carbonyl (C=O) groups is 2. The van der Waals surface area contributed by atoms with E-state index in [-0.39, 0.29) is 11.4 Å². The Morgan fingerprint density at radius 3 is 2.55 bits per heavy atom. The number of hydrogen-bond donors (Lipinski definition) is 2. The van der Waals surface area contributed by atoms with E-state index in [1.807, 2.05) is 0 Å². The van der Waals surface area contributed by atoms with Crippen molar-refractivity contribution in [2.24, 2.45) is 0 Å². The molecular formula is C13H11F2N3O4. The minimum Gasteiger partial charge on any atom is -0.480 e. The summed E-state index contributed by atoms with van der Waals surface area (Å²) < 4.78 is 29.2. The molecule has 22 heavy (non-hydrogen) atoms. The fourth-order valence-corrected chi connectivity index (χ4v) is 1.69. The topological polar surface area (TPSA) is 93.5 Å². The van der Waals surface area contributed by atoms with E-state index in [0.717, 1.165) is 4.68 Å². The first-order chi connectivity index (χ1) is 10.5. The molecule has 0 saturated heterocycles. The minimum absolute atomic E-state index is 0.0380. The maximum Gasteiger partial charge on any atom is 0.387 e. The molecule has 2 rings (SSSR count). The third-order valence-corrected chi connectivity index (χ3v) is 2.57. The molecule has 2 N–H and O–H groups in total. The van der Waals surface area contributed by atoms with Crippen molar-refractivity contribution < 1.29 is 28.2 Å². The van der Waals surface area contributed by atoms with Gasteiger partial charge in [-0.05, 0) is 30.3 Å². The largest absolute Gasteiger partial charge is 0.480 e. The molecule has 9 heteroatoms. The van der Waals surface area contributed by atoms with Gasteiger partial charge in [0.15, 0.2) is 0 Å². The first-order valence-corrected chi connectivity index (χ1v) is 6.05. The third-order valence-electron chi connectivity index (χ3n) is 2.57. The lowest BCUT2D eigenvalue weighted by atomic mass is 10.3. The van der Waals surface area contributed by atoms with Crippen molar-refractivity contribution in [1.29, 1.82) is 0 Å². The molecule has 1 aromatic carbocycles. The lowest BCUT2D eigenvalue weighted by Crippen LogP contribution is -2.20. The molecule has 1 aromatic heterocycles. The summed E-state index contributed by atoms with van der Waals surface area (Å²) in [6, 6.07) is 6.68. The highest BCUT2D eigenvalue weighted by Gasteiger charge is 2.14. The number of aliphatic carboxylic acids is 1. The van der Waals surface area contributed by atoms with E-state index in [1.54, 1.807) is 0 Å². The molecule has 0 atom stereocenters. The molecule has 0 saturated carbocycles. The molecule has 0 bridgehead atoms. The van der Waals surface area contributed by atoms with Crippen LogP contribution >= 0.6 is 0 Å². The fourth-order valence-electron chi connectivity index (χ4n) is 1.69. The van der Waals surface area contributed by atoms with E-state index >= 15 is 0 Å². The van der Waals surface area contributed by atoms with Crippen LogP contribution in [0.25, 0.3) is 0 Å². The first kappa shape index (κ1) is 15.4. The Hall–Kier alpha value is -2.97. The lowest BCUT2D eigenvalue weighted by molar-refractivity contribution is -0.137. The average molecular weight is 311 g/mol. The van der Waals surface area contributed by atoms with Gasteiger partial charge in [-0.15, -0.1) is 0 Å². The van der Waals surface area contributed by atoms with E-state index in [9.17, 15) is 18.4 Å². The second-order valence-corrected chi connectivity index (χ2v) is 4.12. The van der Waals surface area contributed by atoms with E-state index in [1.165, 1.54) is 36.5 Å². The number of amides is 1. The monoisotopic (exact) mass is 311 g/mol. The molecule has 116 valence electrons. The quantitative estimate of drug-likeness (QED) is 0.849. The van der Waals surface area contributed by atoms with Crippen molar-refractivity contribution in [2.45, 2.75) is 13.2 Å². The number of ether oxygens (including phenoxy) is 1. The third kappa shape index (κ3) is 4.01. The Kier molecular flexibility index (Phi) is 4.66. The highest BCUT2D eigenvalue weighted by atomic mass is 19.3. The molecule has 0 unspecified atom stereocenters. The number of nitrogens with one attached hydrogen (secondary N) is 1. The number of alkyl halides is 2. The molecule has 0 aliphatic heterocycles. The van der Waals surface area contributed by atoms with Crippen molar-refractivity contribution in [3.05, 3.63) is 42.2 Å². The SMILES string of the molecule is O=C(O)Cn1nccc1C(=O)Nc1ccc(OC(F)F)cc1. The van der Waals surface area contributed by atoms with E-state index in [4.69, 9.17) is 5.11 Å². The minimum atomic E-state index is -2.93. The summed E-state index contributed by atoms with van der Waals surface area (Å²) in [7, 11) is 0. The first-order valence-electron chi connectivity index (χ1n) is 6.05. The van der Waals surface area contributed by atoms with Gasteiger partial charge < -0.3 is 15.2 Å². The highest BCUT2D eigenvalue weighted by molar-refractivity contribution is 6.03. The maximum atomic E-state index is 12.0. The molecule has 0 aliphatic carbocycles. The van der Waals surface area contributed by atoms with Gasteiger partial charge in [-0.25, -0.2) is 4.68 Å². The van der Waals surface area contributed by atoms with Crippen LogP contribution in [0.15, 0.2) is 36.5 Å². The van der Waals surface area contributed by atoms with E-state index in [0.29, 0.717) is 5.69 Å². The molecule has 0 spiro atoms. The second-order valence-electron chi connectivity index (χ2n) is 4.12. The Labute approximate surface area is 123 Å². The van der Waals surface area contributed by atoms with Crippen molar-refractivity contribution >= 4 is 17.6 Å². The molecule has 7 nitrogen and oxygen atoms in total. The molecule has 0 fully saturated rings. The lowest BCUT2D eigenvalue weighted by Gasteiger charge is -2.08. The van der Waals surface area contributed by atoms with Gasteiger partial charge >= 0.3 is 12.6 Å². The van der Waals surface area contributed by atoms with Crippen LogP contribution in [0.5, 0.6) is 5.75 Å². The predicted octanol–water partition coefficient (Wildman–Crippen LogP) is 1.82. The molecule has 2 aromatic rings. The van der Waals surface area contributed by atoms with Crippen LogP contribution in [0.2, 0.25) is 0 Å².